The van der Waals surface area contributed by atoms with Gasteiger partial charge in [0.25, 0.3) is 5.91 Å². The lowest BCUT2D eigenvalue weighted by Gasteiger charge is -2.17. The molecule has 0 bridgehead atoms. The number of rotatable bonds is 7. The lowest BCUT2D eigenvalue weighted by molar-refractivity contribution is -0.131. The molecule has 0 aliphatic rings. The first kappa shape index (κ1) is 17.4. The number of ether oxygens (including phenoxy) is 1. The van der Waals surface area contributed by atoms with Crippen molar-refractivity contribution in [3.8, 4) is 5.75 Å². The predicted octanol–water partition coefficient (Wildman–Crippen LogP) is 0.203. The van der Waals surface area contributed by atoms with Crippen LogP contribution >= 0.6 is 12.2 Å². The summed E-state index contributed by atoms with van der Waals surface area (Å²) in [5.41, 5.74) is 6.12. The zero-order chi connectivity index (χ0) is 16.0. The normalized spacial score (nSPS) is 11.0. The molecule has 0 spiro atoms. The van der Waals surface area contributed by atoms with Crippen molar-refractivity contribution >= 4 is 33.0 Å². The van der Waals surface area contributed by atoms with Gasteiger partial charge in [0.05, 0.1) is 11.3 Å². The second-order valence-corrected chi connectivity index (χ2v) is 7.29. The van der Waals surface area contributed by atoms with E-state index in [1.807, 2.05) is 0 Å². The Hall–Kier alpha value is -1.67. The first-order chi connectivity index (χ1) is 9.70. The summed E-state index contributed by atoms with van der Waals surface area (Å²) in [6, 6.07) is 6.88. The van der Waals surface area contributed by atoms with E-state index in [2.05, 4.69) is 0 Å². The van der Waals surface area contributed by atoms with Crippen LogP contribution < -0.4 is 10.5 Å². The van der Waals surface area contributed by atoms with Gasteiger partial charge in [0.15, 0.2) is 6.61 Å². The largest absolute Gasteiger partial charge is 0.483 e. The molecule has 1 rings (SSSR count). The number of para-hydroxylation sites is 1. The van der Waals surface area contributed by atoms with Crippen LogP contribution in [-0.2, 0) is 14.6 Å². The Morgan fingerprint density at radius 3 is 2.57 bits per heavy atom. The Labute approximate surface area is 129 Å². The first-order valence-corrected chi connectivity index (χ1v) is 8.61. The molecule has 0 unspecified atom stereocenters. The summed E-state index contributed by atoms with van der Waals surface area (Å²) in [7, 11) is -1.58. The molecule has 0 saturated carbocycles. The van der Waals surface area contributed by atoms with Gasteiger partial charge in [-0.2, -0.15) is 0 Å². The highest BCUT2D eigenvalue weighted by Gasteiger charge is 2.13. The van der Waals surface area contributed by atoms with E-state index in [0.29, 0.717) is 11.3 Å². The van der Waals surface area contributed by atoms with E-state index >= 15 is 0 Å². The van der Waals surface area contributed by atoms with Crippen LogP contribution in [0.25, 0.3) is 0 Å². The van der Waals surface area contributed by atoms with Gasteiger partial charge in [-0.15, -0.1) is 0 Å². The Balaban J connectivity index is 2.59. The lowest BCUT2D eigenvalue weighted by Crippen LogP contribution is -2.35. The van der Waals surface area contributed by atoms with Crippen LogP contribution in [0.15, 0.2) is 24.3 Å². The predicted molar refractivity (Wildman–Crippen MR) is 85.2 cm³/mol. The number of hydrogen-bond acceptors (Lipinski definition) is 5. The number of carbonyl (C=O) groups is 1. The quantitative estimate of drug-likeness (QED) is 0.719. The molecule has 0 fully saturated rings. The van der Waals surface area contributed by atoms with Crippen LogP contribution in [0.2, 0.25) is 0 Å². The molecular formula is C13H18N2O4S2. The average molecular weight is 330 g/mol. The van der Waals surface area contributed by atoms with Gasteiger partial charge in [0.2, 0.25) is 0 Å². The van der Waals surface area contributed by atoms with Crippen molar-refractivity contribution in [2.24, 2.45) is 5.73 Å². The fourth-order valence-corrected chi connectivity index (χ4v) is 2.25. The van der Waals surface area contributed by atoms with Gasteiger partial charge in [0.1, 0.15) is 20.6 Å². The van der Waals surface area contributed by atoms with Crippen molar-refractivity contribution in [3.05, 3.63) is 29.8 Å². The third-order valence-electron chi connectivity index (χ3n) is 2.73. The van der Waals surface area contributed by atoms with Crippen molar-refractivity contribution in [1.82, 2.24) is 4.90 Å². The Kier molecular flexibility index (Phi) is 6.10. The topological polar surface area (TPSA) is 89.7 Å². The third-order valence-corrected chi connectivity index (χ3v) is 3.87. The van der Waals surface area contributed by atoms with E-state index < -0.39 is 9.84 Å². The molecule has 1 amide bonds. The van der Waals surface area contributed by atoms with E-state index in [0.717, 1.165) is 6.26 Å². The van der Waals surface area contributed by atoms with Gasteiger partial charge in [-0.1, -0.05) is 24.4 Å². The summed E-state index contributed by atoms with van der Waals surface area (Å²) < 4.78 is 27.5. The van der Waals surface area contributed by atoms with Gasteiger partial charge >= 0.3 is 0 Å². The van der Waals surface area contributed by atoms with Crippen LogP contribution in [0.1, 0.15) is 5.56 Å². The summed E-state index contributed by atoms with van der Waals surface area (Å²) in [6.07, 6.45) is 1.13. The summed E-state index contributed by atoms with van der Waals surface area (Å²) in [5, 5.41) is 0. The van der Waals surface area contributed by atoms with Crippen molar-refractivity contribution in [2.75, 3.05) is 32.2 Å². The molecule has 2 N–H and O–H groups in total. The highest BCUT2D eigenvalue weighted by molar-refractivity contribution is 7.90. The van der Waals surface area contributed by atoms with Crippen molar-refractivity contribution in [2.45, 2.75) is 0 Å². The fourth-order valence-electron chi connectivity index (χ4n) is 1.47. The number of nitrogens with two attached hydrogens (primary N) is 1. The minimum atomic E-state index is -3.11. The summed E-state index contributed by atoms with van der Waals surface area (Å²) in [4.78, 5) is 13.4. The number of nitrogens with zero attached hydrogens (tertiary/aromatic N) is 1. The molecule has 1 aromatic carbocycles. The lowest BCUT2D eigenvalue weighted by atomic mass is 10.2. The number of amides is 1. The van der Waals surface area contributed by atoms with Gasteiger partial charge < -0.3 is 15.4 Å². The van der Waals surface area contributed by atoms with Gasteiger partial charge in [-0.05, 0) is 12.1 Å². The summed E-state index contributed by atoms with van der Waals surface area (Å²) in [6.45, 7) is -0.0855. The fraction of sp³-hybridized carbons (Fsp3) is 0.385. The zero-order valence-corrected chi connectivity index (χ0v) is 13.5. The second kappa shape index (κ2) is 7.37. The molecule has 8 heteroatoms. The second-order valence-electron chi connectivity index (χ2n) is 4.59. The van der Waals surface area contributed by atoms with Crippen LogP contribution in [0.4, 0.5) is 0 Å². The van der Waals surface area contributed by atoms with Gasteiger partial charge in [-0.25, -0.2) is 8.42 Å². The van der Waals surface area contributed by atoms with Crippen LogP contribution in [0, 0.1) is 0 Å². The van der Waals surface area contributed by atoms with E-state index in [9.17, 15) is 13.2 Å². The average Bonchev–Trinajstić information content (AvgIpc) is 2.41. The molecule has 1 aromatic rings. The standard InChI is InChI=1S/C13H18N2O4S2/c1-15(7-8-21(2,17)18)12(16)9-19-11-6-4-3-5-10(11)13(14)20/h3-6H,7-9H2,1-2H3,(H2,14,20). The van der Waals surface area contributed by atoms with Crippen LogP contribution in [-0.4, -0.2) is 56.4 Å². The Bertz CT molecular complexity index is 629. The van der Waals surface area contributed by atoms with Crippen molar-refractivity contribution in [1.29, 1.82) is 0 Å². The minimum Gasteiger partial charge on any atom is -0.483 e. The maximum atomic E-state index is 11.9. The molecule has 6 nitrogen and oxygen atoms in total. The number of hydrogen-bond donors (Lipinski definition) is 1. The smallest absolute Gasteiger partial charge is 0.260 e. The van der Waals surface area contributed by atoms with E-state index in [4.69, 9.17) is 22.7 Å². The number of carbonyl (C=O) groups excluding carboxylic acids is 1. The number of thiocarbonyl (C=S) groups is 1. The number of sulfone groups is 1. The first-order valence-electron chi connectivity index (χ1n) is 6.14. The molecule has 0 heterocycles. The maximum Gasteiger partial charge on any atom is 0.260 e. The zero-order valence-electron chi connectivity index (χ0n) is 11.9. The molecule has 21 heavy (non-hydrogen) atoms. The summed E-state index contributed by atoms with van der Waals surface area (Å²) in [5.74, 6) is 0.0184. The molecule has 0 radical (unpaired) electrons. The number of benzene rings is 1. The monoisotopic (exact) mass is 330 g/mol. The third kappa shape index (κ3) is 6.09. The van der Waals surface area contributed by atoms with Gasteiger partial charge in [-0.3, -0.25) is 4.79 Å². The molecule has 0 aliphatic heterocycles. The SMILES string of the molecule is CN(CCS(C)(=O)=O)C(=O)COc1ccccc1C(N)=S. The van der Waals surface area contributed by atoms with E-state index in [1.54, 1.807) is 24.3 Å². The van der Waals surface area contributed by atoms with Crippen molar-refractivity contribution < 1.29 is 17.9 Å². The Morgan fingerprint density at radius 1 is 1.38 bits per heavy atom. The minimum absolute atomic E-state index is 0.0846. The molecule has 0 saturated heterocycles. The van der Waals surface area contributed by atoms with Gasteiger partial charge in [0, 0.05) is 19.8 Å². The van der Waals surface area contributed by atoms with E-state index in [-0.39, 0.29) is 29.8 Å². The maximum absolute atomic E-state index is 11.9. The Morgan fingerprint density at radius 2 is 2.00 bits per heavy atom. The summed E-state index contributed by atoms with van der Waals surface area (Å²) >= 11 is 4.90. The molecule has 116 valence electrons. The van der Waals surface area contributed by atoms with E-state index in [1.165, 1.54) is 11.9 Å². The molecule has 0 aromatic heterocycles. The molecule has 0 atom stereocenters. The molecule has 0 aliphatic carbocycles. The number of likely N-dealkylation sites (N-methyl/N-ethyl adjacent to an activating group) is 1. The van der Waals surface area contributed by atoms with Crippen LogP contribution in [0.3, 0.4) is 0 Å². The highest BCUT2D eigenvalue weighted by atomic mass is 32.2. The van der Waals surface area contributed by atoms with Crippen molar-refractivity contribution in [3.63, 3.8) is 0 Å². The van der Waals surface area contributed by atoms with Crippen LogP contribution in [0.5, 0.6) is 5.75 Å². The highest BCUT2D eigenvalue weighted by Crippen LogP contribution is 2.17. The molecular weight excluding hydrogens is 312 g/mol.